The lowest BCUT2D eigenvalue weighted by molar-refractivity contribution is -0.140. The van der Waals surface area contributed by atoms with Gasteiger partial charge >= 0.3 is 6.09 Å². The number of rotatable bonds is 10. The summed E-state index contributed by atoms with van der Waals surface area (Å²) in [5.74, 6) is -3.47. The smallest absolute Gasteiger partial charge is 0.408 e. The molecule has 2 aromatic rings. The Kier molecular flexibility index (Phi) is 13.4. The fraction of sp³-hybridized carbons (Fsp3) is 0.605. The van der Waals surface area contributed by atoms with Gasteiger partial charge in [-0.05, 0) is 94.2 Å². The zero-order valence-electron chi connectivity index (χ0n) is 30.9. The number of fused-ring (bicyclic) bond motifs is 2. The van der Waals surface area contributed by atoms with Crippen molar-refractivity contribution in [2.45, 2.75) is 131 Å². The average molecular weight is 873 g/mol. The molecule has 6 atom stereocenters. The summed E-state index contributed by atoms with van der Waals surface area (Å²) in [6, 6.07) is 6.78. The van der Waals surface area contributed by atoms with Crippen LogP contribution in [-0.2, 0) is 43.9 Å². The third-order valence-electron chi connectivity index (χ3n) is 11.2. The van der Waals surface area contributed by atoms with Gasteiger partial charge in [-0.2, -0.15) is 8.42 Å². The first kappa shape index (κ1) is 41.7. The fourth-order valence-corrected chi connectivity index (χ4v) is 12.8. The molecule has 55 heavy (non-hydrogen) atoms. The van der Waals surface area contributed by atoms with Crippen molar-refractivity contribution in [2.75, 3.05) is 13.2 Å². The minimum Gasteiger partial charge on any atom is -0.446 e. The molecule has 0 aromatic heterocycles. The van der Waals surface area contributed by atoms with E-state index in [2.05, 4.69) is 26.6 Å². The van der Waals surface area contributed by atoms with Crippen LogP contribution in [0, 0.1) is 17.6 Å². The molecule has 302 valence electrons. The zero-order valence-corrected chi connectivity index (χ0v) is 34.1. The molecular weight excluding hydrogens is 823 g/mol. The van der Waals surface area contributed by atoms with Crippen LogP contribution in [0.3, 0.4) is 0 Å². The molecule has 12 nitrogen and oxygen atoms in total. The molecule has 1 unspecified atom stereocenters. The maximum Gasteiger partial charge on any atom is 0.408 e. The quantitative estimate of drug-likeness (QED) is 0.182. The predicted octanol–water partition coefficient (Wildman–Crippen LogP) is 7.53. The molecule has 0 radical (unpaired) electrons. The van der Waals surface area contributed by atoms with Crippen LogP contribution < -0.4 is 10.6 Å². The molecule has 4 fully saturated rings. The predicted molar refractivity (Wildman–Crippen MR) is 203 cm³/mol. The van der Waals surface area contributed by atoms with Gasteiger partial charge in [-0.25, -0.2) is 13.6 Å². The van der Waals surface area contributed by atoms with E-state index < -0.39 is 82.2 Å². The number of alkyl carbamates (subject to hydrolysis) is 1. The summed E-state index contributed by atoms with van der Waals surface area (Å²) in [6.07, 6.45) is 5.07. The zero-order chi connectivity index (χ0) is 39.4. The summed E-state index contributed by atoms with van der Waals surface area (Å²) >= 11 is 3.29. The average Bonchev–Trinajstić information content (AvgIpc) is 3.40. The second-order valence-corrected chi connectivity index (χ2v) is 20.2. The normalized spacial score (nSPS) is 27.9. The SMILES string of the molecule is CCOP(=O)(Cc1c(F)cccc1F)[C@@]12C[C@H]1CCCCCCC[C@H](NC(=O)OC1CCCC1)C(=O)N1C[C@@H](OS(=O)(=O)c3ccc(Br)cc3)C[C@H]1C(=O)N2. The number of hydrogen-bond acceptors (Lipinski definition) is 9. The number of carbonyl (C=O) groups excluding carboxylic acids is 3. The number of halogens is 3. The van der Waals surface area contributed by atoms with Gasteiger partial charge < -0.3 is 24.8 Å². The van der Waals surface area contributed by atoms with Crippen LogP contribution in [0.2, 0.25) is 0 Å². The molecule has 0 bridgehead atoms. The van der Waals surface area contributed by atoms with Crippen molar-refractivity contribution in [2.24, 2.45) is 5.92 Å². The Morgan fingerprint density at radius 3 is 2.27 bits per heavy atom. The third-order valence-corrected chi connectivity index (χ3v) is 16.4. The van der Waals surface area contributed by atoms with E-state index in [0.717, 1.165) is 63.5 Å². The number of hydrogen-bond donors (Lipinski definition) is 2. The van der Waals surface area contributed by atoms with Crippen molar-refractivity contribution in [3.8, 4) is 0 Å². The molecule has 3 amide bonds. The highest BCUT2D eigenvalue weighted by Gasteiger charge is 2.67. The minimum absolute atomic E-state index is 0.0557. The summed E-state index contributed by atoms with van der Waals surface area (Å²) in [6.45, 7) is 1.26. The lowest BCUT2D eigenvalue weighted by Gasteiger charge is -2.33. The fourth-order valence-electron chi connectivity index (χ4n) is 8.27. The van der Waals surface area contributed by atoms with Crippen LogP contribution in [-0.4, -0.2) is 73.9 Å². The Balaban J connectivity index is 1.33. The highest BCUT2D eigenvalue weighted by Crippen LogP contribution is 2.74. The third kappa shape index (κ3) is 9.63. The van der Waals surface area contributed by atoms with Gasteiger partial charge in [0, 0.05) is 23.0 Å². The molecular formula is C38H49BrF2N3O9PS. The standard InChI is InChI=1S/C38H49BrF2N3O9PS/c1-2-51-54(48,24-30-31(40)14-10-15-32(30)41)38-22-25(38)11-6-4-3-5-7-16-33(42-37(47)52-27-12-8-9-13-27)36(46)44-23-28(21-34(44)35(45)43-38)53-55(49,50)29-19-17-26(39)18-20-29/h10,14-15,17-20,25,27-28,33-34H,2-9,11-13,16,21-24H2,1H3,(H,42,47)(H,43,45)/t25-,28+,33+,34+,38+,54?/m1/s1. The van der Waals surface area contributed by atoms with Crippen LogP contribution in [0.4, 0.5) is 13.6 Å². The number of nitrogens with zero attached hydrogens (tertiary/aromatic N) is 1. The maximum absolute atomic E-state index is 15.0. The van der Waals surface area contributed by atoms with Gasteiger partial charge in [0.2, 0.25) is 19.2 Å². The molecule has 2 saturated carbocycles. The first-order chi connectivity index (χ1) is 26.2. The van der Waals surface area contributed by atoms with Crippen molar-refractivity contribution in [1.82, 2.24) is 15.5 Å². The molecule has 2 heterocycles. The van der Waals surface area contributed by atoms with E-state index in [1.807, 2.05) is 0 Å². The maximum atomic E-state index is 15.0. The van der Waals surface area contributed by atoms with Crippen molar-refractivity contribution < 1.29 is 49.6 Å². The Bertz CT molecular complexity index is 1860. The molecule has 4 aliphatic rings. The molecule has 2 aliphatic carbocycles. The molecule has 2 saturated heterocycles. The Hall–Kier alpha value is -2.91. The second-order valence-electron chi connectivity index (χ2n) is 15.0. The number of benzene rings is 2. The van der Waals surface area contributed by atoms with Crippen LogP contribution >= 0.6 is 23.3 Å². The van der Waals surface area contributed by atoms with Crippen molar-refractivity contribution in [3.05, 3.63) is 64.1 Å². The largest absolute Gasteiger partial charge is 0.446 e. The van der Waals surface area contributed by atoms with Gasteiger partial charge in [0.05, 0.1) is 23.8 Å². The van der Waals surface area contributed by atoms with Crippen LogP contribution in [0.1, 0.15) is 96.0 Å². The monoisotopic (exact) mass is 871 g/mol. The number of carbonyl (C=O) groups is 3. The summed E-state index contributed by atoms with van der Waals surface area (Å²) in [5.41, 5.74) is -0.410. The van der Waals surface area contributed by atoms with E-state index >= 15 is 13.3 Å². The minimum atomic E-state index is -4.35. The van der Waals surface area contributed by atoms with Gasteiger partial charge in [-0.1, -0.05) is 54.1 Å². The summed E-state index contributed by atoms with van der Waals surface area (Å²) < 4.78 is 89.7. The topological polar surface area (TPSA) is 157 Å². The highest BCUT2D eigenvalue weighted by molar-refractivity contribution is 9.10. The van der Waals surface area contributed by atoms with Crippen LogP contribution in [0.15, 0.2) is 51.8 Å². The Morgan fingerprint density at radius 1 is 0.964 bits per heavy atom. The number of amides is 3. The van der Waals surface area contributed by atoms with Crippen molar-refractivity contribution >= 4 is 51.3 Å². The Labute approximate surface area is 329 Å². The van der Waals surface area contributed by atoms with Crippen molar-refractivity contribution in [3.63, 3.8) is 0 Å². The van der Waals surface area contributed by atoms with Crippen molar-refractivity contribution in [1.29, 1.82) is 0 Å². The molecule has 17 heteroatoms. The van der Waals surface area contributed by atoms with Gasteiger partial charge in [-0.15, -0.1) is 0 Å². The van der Waals surface area contributed by atoms with Crippen LogP contribution in [0.25, 0.3) is 0 Å². The summed E-state index contributed by atoms with van der Waals surface area (Å²) in [5, 5.41) is 4.19. The van der Waals surface area contributed by atoms with E-state index in [9.17, 15) is 22.8 Å². The molecule has 2 N–H and O–H groups in total. The summed E-state index contributed by atoms with van der Waals surface area (Å²) in [7, 11) is -8.44. The lowest BCUT2D eigenvalue weighted by atomic mass is 10.0. The number of nitrogens with one attached hydrogen (secondary N) is 2. The first-order valence-electron chi connectivity index (χ1n) is 19.2. The van der Waals surface area contributed by atoms with Gasteiger partial charge in [0.15, 0.2) is 0 Å². The summed E-state index contributed by atoms with van der Waals surface area (Å²) in [4.78, 5) is 43.3. The highest BCUT2D eigenvalue weighted by atomic mass is 79.9. The van der Waals surface area contributed by atoms with E-state index in [4.69, 9.17) is 13.4 Å². The van der Waals surface area contributed by atoms with Crippen LogP contribution in [0.5, 0.6) is 0 Å². The van der Waals surface area contributed by atoms with Gasteiger partial charge in [-0.3, -0.25) is 18.3 Å². The van der Waals surface area contributed by atoms with Gasteiger partial charge in [0.25, 0.3) is 10.1 Å². The molecule has 2 aromatic carbocycles. The van der Waals surface area contributed by atoms with E-state index in [0.29, 0.717) is 17.3 Å². The Morgan fingerprint density at radius 2 is 1.60 bits per heavy atom. The molecule has 6 rings (SSSR count). The molecule has 0 spiro atoms. The van der Waals surface area contributed by atoms with E-state index in [1.54, 1.807) is 19.1 Å². The first-order valence-corrected chi connectivity index (χ1v) is 23.2. The lowest BCUT2D eigenvalue weighted by Crippen LogP contribution is -2.55. The van der Waals surface area contributed by atoms with E-state index in [1.165, 1.54) is 23.1 Å². The van der Waals surface area contributed by atoms with Gasteiger partial charge in [0.1, 0.15) is 35.1 Å². The number of ether oxygens (including phenoxy) is 1. The second kappa shape index (κ2) is 17.7. The molecule has 2 aliphatic heterocycles. The van der Waals surface area contributed by atoms with E-state index in [-0.39, 0.29) is 49.3 Å².